The highest BCUT2D eigenvalue weighted by Crippen LogP contribution is 2.41. The lowest BCUT2D eigenvalue weighted by molar-refractivity contribution is 0.477. The van der Waals surface area contributed by atoms with Gasteiger partial charge in [0.25, 0.3) is 0 Å². The first-order valence-corrected chi connectivity index (χ1v) is 5.26. The number of thiophene rings is 1. The number of phenolic OH excluding ortho intramolecular Hbond substituents is 1. The minimum atomic E-state index is 0.159. The van der Waals surface area contributed by atoms with E-state index >= 15 is 0 Å². The number of phenols is 1. The van der Waals surface area contributed by atoms with Crippen LogP contribution in [0.3, 0.4) is 0 Å². The number of halogens is 1. The normalized spacial score (nSPS) is 10.4. The van der Waals surface area contributed by atoms with E-state index in [1.54, 1.807) is 12.1 Å². The molecule has 3 N–H and O–H groups in total. The smallest absolute Gasteiger partial charge is 0.125 e. The zero-order chi connectivity index (χ0) is 10.1. The van der Waals surface area contributed by atoms with Crippen LogP contribution in [0.2, 0.25) is 5.02 Å². The number of nitrogens with two attached hydrogens (primary N) is 1. The van der Waals surface area contributed by atoms with E-state index in [2.05, 4.69) is 0 Å². The van der Waals surface area contributed by atoms with Gasteiger partial charge in [-0.3, -0.25) is 0 Å². The summed E-state index contributed by atoms with van der Waals surface area (Å²) in [6.45, 7) is 0. The fourth-order valence-electron chi connectivity index (χ4n) is 1.24. The second kappa shape index (κ2) is 3.52. The predicted molar refractivity (Wildman–Crippen MR) is 60.8 cm³/mol. The summed E-state index contributed by atoms with van der Waals surface area (Å²) >= 11 is 7.52. The van der Waals surface area contributed by atoms with Crippen LogP contribution in [-0.4, -0.2) is 5.11 Å². The van der Waals surface area contributed by atoms with Gasteiger partial charge in [0.1, 0.15) is 5.75 Å². The van der Waals surface area contributed by atoms with Crippen molar-refractivity contribution < 1.29 is 5.11 Å². The Labute approximate surface area is 90.6 Å². The second-order valence-corrected chi connectivity index (χ2v) is 4.17. The Balaban J connectivity index is 2.69. The fraction of sp³-hybridized carbons (Fsp3) is 0. The van der Waals surface area contributed by atoms with Crippen LogP contribution in [0.25, 0.3) is 10.4 Å². The van der Waals surface area contributed by atoms with E-state index < -0.39 is 0 Å². The first-order valence-electron chi connectivity index (χ1n) is 4.01. The lowest BCUT2D eigenvalue weighted by Gasteiger charge is -2.06. The quantitative estimate of drug-likeness (QED) is 0.578. The van der Waals surface area contributed by atoms with Crippen molar-refractivity contribution in [2.45, 2.75) is 0 Å². The molecule has 0 atom stereocenters. The van der Waals surface area contributed by atoms with Gasteiger partial charge in [0.15, 0.2) is 0 Å². The second-order valence-electron chi connectivity index (χ2n) is 2.84. The summed E-state index contributed by atoms with van der Waals surface area (Å²) in [5.41, 5.74) is 6.75. The Morgan fingerprint density at radius 3 is 2.71 bits per heavy atom. The van der Waals surface area contributed by atoms with Crippen molar-refractivity contribution >= 4 is 28.6 Å². The van der Waals surface area contributed by atoms with Gasteiger partial charge in [-0.15, -0.1) is 11.3 Å². The van der Waals surface area contributed by atoms with E-state index in [4.69, 9.17) is 17.3 Å². The zero-order valence-corrected chi connectivity index (χ0v) is 8.77. The molecule has 0 bridgehead atoms. The van der Waals surface area contributed by atoms with Gasteiger partial charge in [-0.1, -0.05) is 17.7 Å². The number of benzene rings is 1. The van der Waals surface area contributed by atoms with Gasteiger partial charge in [-0.05, 0) is 23.6 Å². The third-order valence-electron chi connectivity index (χ3n) is 1.92. The van der Waals surface area contributed by atoms with Crippen LogP contribution < -0.4 is 5.73 Å². The molecule has 0 saturated heterocycles. The van der Waals surface area contributed by atoms with Crippen LogP contribution >= 0.6 is 22.9 Å². The van der Waals surface area contributed by atoms with E-state index in [1.165, 1.54) is 11.3 Å². The van der Waals surface area contributed by atoms with Crippen molar-refractivity contribution in [1.82, 2.24) is 0 Å². The van der Waals surface area contributed by atoms with Gasteiger partial charge < -0.3 is 10.8 Å². The number of anilines is 1. The van der Waals surface area contributed by atoms with Gasteiger partial charge in [-0.2, -0.15) is 0 Å². The molecular formula is C10H8ClNOS. The Morgan fingerprint density at radius 2 is 2.07 bits per heavy atom. The molecule has 2 nitrogen and oxygen atoms in total. The monoisotopic (exact) mass is 225 g/mol. The summed E-state index contributed by atoms with van der Waals surface area (Å²) < 4.78 is 0. The molecule has 1 aromatic carbocycles. The average molecular weight is 226 g/mol. The van der Waals surface area contributed by atoms with E-state index in [0.29, 0.717) is 16.3 Å². The topological polar surface area (TPSA) is 46.2 Å². The maximum absolute atomic E-state index is 9.65. The van der Waals surface area contributed by atoms with Crippen LogP contribution in [0.5, 0.6) is 5.75 Å². The number of hydrogen-bond acceptors (Lipinski definition) is 3. The Morgan fingerprint density at radius 1 is 1.29 bits per heavy atom. The maximum Gasteiger partial charge on any atom is 0.125 e. The highest BCUT2D eigenvalue weighted by molar-refractivity contribution is 7.13. The third-order valence-corrected chi connectivity index (χ3v) is 3.21. The summed E-state index contributed by atoms with van der Waals surface area (Å²) in [6, 6.07) is 6.94. The van der Waals surface area contributed by atoms with Crippen LogP contribution in [-0.2, 0) is 0 Å². The van der Waals surface area contributed by atoms with Crippen molar-refractivity contribution in [2.75, 3.05) is 5.73 Å². The van der Waals surface area contributed by atoms with Gasteiger partial charge in [0.2, 0.25) is 0 Å². The van der Waals surface area contributed by atoms with Gasteiger partial charge in [0.05, 0.1) is 16.3 Å². The first-order chi connectivity index (χ1) is 6.70. The lowest BCUT2D eigenvalue weighted by Crippen LogP contribution is -1.88. The Bertz CT molecular complexity index is 453. The van der Waals surface area contributed by atoms with E-state index in [-0.39, 0.29) is 5.75 Å². The molecule has 0 aliphatic heterocycles. The number of hydrogen-bond donors (Lipinski definition) is 2. The minimum Gasteiger partial charge on any atom is -0.507 e. The summed E-state index contributed by atoms with van der Waals surface area (Å²) in [6.07, 6.45) is 0. The lowest BCUT2D eigenvalue weighted by atomic mass is 10.1. The van der Waals surface area contributed by atoms with Gasteiger partial charge in [-0.25, -0.2) is 0 Å². The third kappa shape index (κ3) is 1.45. The predicted octanol–water partition coefficient (Wildman–Crippen LogP) is 3.36. The van der Waals surface area contributed by atoms with E-state index in [1.807, 2.05) is 17.5 Å². The molecule has 14 heavy (non-hydrogen) atoms. The SMILES string of the molecule is Nc1ccc(O)c(-c2cccs2)c1Cl. The van der Waals surface area contributed by atoms with Crippen LogP contribution in [0.1, 0.15) is 0 Å². The summed E-state index contributed by atoms with van der Waals surface area (Å²) in [5, 5.41) is 12.0. The molecule has 0 aliphatic rings. The summed E-state index contributed by atoms with van der Waals surface area (Å²) in [5.74, 6) is 0.159. The Kier molecular flexibility index (Phi) is 2.35. The molecule has 4 heteroatoms. The van der Waals surface area contributed by atoms with Crippen molar-refractivity contribution in [3.8, 4) is 16.2 Å². The average Bonchev–Trinajstić information content (AvgIpc) is 2.65. The van der Waals surface area contributed by atoms with Crippen molar-refractivity contribution in [2.24, 2.45) is 0 Å². The van der Waals surface area contributed by atoms with E-state index in [0.717, 1.165) is 4.88 Å². The summed E-state index contributed by atoms with van der Waals surface area (Å²) in [4.78, 5) is 0.916. The fourth-order valence-corrected chi connectivity index (χ4v) is 2.34. The first kappa shape index (κ1) is 9.37. The molecule has 2 aromatic rings. The van der Waals surface area contributed by atoms with Crippen molar-refractivity contribution in [3.63, 3.8) is 0 Å². The molecular weight excluding hydrogens is 218 g/mol. The van der Waals surface area contributed by atoms with Crippen LogP contribution in [0.15, 0.2) is 29.6 Å². The zero-order valence-electron chi connectivity index (χ0n) is 7.20. The molecule has 0 saturated carbocycles. The number of nitrogen functional groups attached to an aromatic ring is 1. The van der Waals surface area contributed by atoms with Gasteiger partial charge in [0, 0.05) is 4.88 Å². The highest BCUT2D eigenvalue weighted by atomic mass is 35.5. The minimum absolute atomic E-state index is 0.159. The Hall–Kier alpha value is -1.19. The van der Waals surface area contributed by atoms with Gasteiger partial charge >= 0.3 is 0 Å². The number of aromatic hydroxyl groups is 1. The molecule has 0 fully saturated rings. The summed E-state index contributed by atoms with van der Waals surface area (Å²) in [7, 11) is 0. The number of rotatable bonds is 1. The molecule has 72 valence electrons. The van der Waals surface area contributed by atoms with Crippen LogP contribution in [0.4, 0.5) is 5.69 Å². The molecule has 0 amide bonds. The van der Waals surface area contributed by atoms with Crippen molar-refractivity contribution in [1.29, 1.82) is 0 Å². The molecule has 0 unspecified atom stereocenters. The standard InChI is InChI=1S/C10H8ClNOS/c11-10-6(12)3-4-7(13)9(10)8-2-1-5-14-8/h1-5,13H,12H2. The molecule has 1 heterocycles. The van der Waals surface area contributed by atoms with E-state index in [9.17, 15) is 5.11 Å². The molecule has 1 aromatic heterocycles. The molecule has 0 aliphatic carbocycles. The van der Waals surface area contributed by atoms with Crippen molar-refractivity contribution in [3.05, 3.63) is 34.7 Å². The molecule has 2 rings (SSSR count). The largest absolute Gasteiger partial charge is 0.507 e. The maximum atomic E-state index is 9.65. The highest BCUT2D eigenvalue weighted by Gasteiger charge is 2.12. The van der Waals surface area contributed by atoms with Crippen LogP contribution in [0, 0.1) is 0 Å². The molecule has 0 radical (unpaired) electrons. The molecule has 0 spiro atoms.